The predicted molar refractivity (Wildman–Crippen MR) is 86.8 cm³/mol. The molecule has 138 valence electrons. The SMILES string of the molecule is O=C(Cc1ccccc1F)N1CCC(N2CC(F)(F)C[C@H]2CO)CC1. The van der Waals surface area contributed by atoms with Crippen molar-refractivity contribution in [1.82, 2.24) is 9.80 Å². The molecule has 1 aromatic carbocycles. The number of likely N-dealkylation sites (tertiary alicyclic amines) is 2. The van der Waals surface area contributed by atoms with Crippen molar-refractivity contribution in [3.05, 3.63) is 35.6 Å². The first-order valence-electron chi connectivity index (χ1n) is 8.65. The molecule has 7 heteroatoms. The summed E-state index contributed by atoms with van der Waals surface area (Å²) in [4.78, 5) is 15.7. The number of hydrogen-bond acceptors (Lipinski definition) is 3. The molecule has 0 saturated carbocycles. The van der Waals surface area contributed by atoms with Crippen molar-refractivity contribution in [1.29, 1.82) is 0 Å². The Hall–Kier alpha value is -1.60. The number of benzene rings is 1. The van der Waals surface area contributed by atoms with E-state index in [4.69, 9.17) is 0 Å². The first-order chi connectivity index (χ1) is 11.9. The number of hydrogen-bond donors (Lipinski definition) is 1. The Bertz CT molecular complexity index is 618. The summed E-state index contributed by atoms with van der Waals surface area (Å²) in [5.41, 5.74) is 0.370. The maximum absolute atomic E-state index is 13.7. The number of nitrogens with zero attached hydrogens (tertiary/aromatic N) is 2. The summed E-state index contributed by atoms with van der Waals surface area (Å²) in [6.07, 6.45) is 0.888. The molecular weight excluding hydrogens is 333 g/mol. The van der Waals surface area contributed by atoms with Crippen molar-refractivity contribution >= 4 is 5.91 Å². The van der Waals surface area contributed by atoms with Crippen LogP contribution >= 0.6 is 0 Å². The van der Waals surface area contributed by atoms with Gasteiger partial charge in [0.2, 0.25) is 5.91 Å². The molecule has 2 fully saturated rings. The molecule has 2 heterocycles. The molecule has 25 heavy (non-hydrogen) atoms. The highest BCUT2D eigenvalue weighted by Crippen LogP contribution is 2.35. The van der Waals surface area contributed by atoms with Crippen LogP contribution in [0.15, 0.2) is 24.3 Å². The average Bonchev–Trinajstić information content (AvgIpc) is 2.92. The first-order valence-corrected chi connectivity index (χ1v) is 8.65. The molecule has 2 aliphatic rings. The lowest BCUT2D eigenvalue weighted by molar-refractivity contribution is -0.132. The molecule has 1 amide bonds. The van der Waals surface area contributed by atoms with Gasteiger partial charge in [-0.05, 0) is 24.5 Å². The smallest absolute Gasteiger partial charge is 0.262 e. The van der Waals surface area contributed by atoms with Crippen LogP contribution in [-0.4, -0.2) is 65.1 Å². The van der Waals surface area contributed by atoms with Crippen LogP contribution in [-0.2, 0) is 11.2 Å². The summed E-state index contributed by atoms with van der Waals surface area (Å²) >= 11 is 0. The summed E-state index contributed by atoms with van der Waals surface area (Å²) < 4.78 is 40.9. The van der Waals surface area contributed by atoms with Crippen LogP contribution in [0, 0.1) is 5.82 Å². The van der Waals surface area contributed by atoms with Crippen LogP contribution in [0.1, 0.15) is 24.8 Å². The molecule has 2 saturated heterocycles. The van der Waals surface area contributed by atoms with Gasteiger partial charge in [-0.3, -0.25) is 9.69 Å². The first kappa shape index (κ1) is 18.2. The Kier molecular flexibility index (Phi) is 5.34. The minimum atomic E-state index is -2.76. The van der Waals surface area contributed by atoms with E-state index in [1.54, 1.807) is 28.0 Å². The minimum absolute atomic E-state index is 0.0123. The van der Waals surface area contributed by atoms with Gasteiger partial charge in [-0.1, -0.05) is 18.2 Å². The molecule has 0 aromatic heterocycles. The van der Waals surface area contributed by atoms with Crippen LogP contribution in [0.5, 0.6) is 0 Å². The topological polar surface area (TPSA) is 43.8 Å². The number of carbonyl (C=O) groups is 1. The highest BCUT2D eigenvalue weighted by atomic mass is 19.3. The van der Waals surface area contributed by atoms with Crippen LogP contribution in [0.25, 0.3) is 0 Å². The molecule has 1 N–H and O–H groups in total. The summed E-state index contributed by atoms with van der Waals surface area (Å²) in [6, 6.07) is 5.64. The van der Waals surface area contributed by atoms with Crippen molar-refractivity contribution < 1.29 is 23.1 Å². The minimum Gasteiger partial charge on any atom is -0.395 e. The molecule has 2 aliphatic heterocycles. The van der Waals surface area contributed by atoms with Gasteiger partial charge in [0.05, 0.1) is 19.6 Å². The molecule has 0 unspecified atom stereocenters. The van der Waals surface area contributed by atoms with Gasteiger partial charge in [-0.15, -0.1) is 0 Å². The van der Waals surface area contributed by atoms with E-state index < -0.39 is 17.8 Å². The second kappa shape index (κ2) is 7.33. The molecule has 0 radical (unpaired) electrons. The summed E-state index contributed by atoms with van der Waals surface area (Å²) in [7, 11) is 0. The van der Waals surface area contributed by atoms with Crippen LogP contribution in [0.4, 0.5) is 13.2 Å². The average molecular weight is 356 g/mol. The van der Waals surface area contributed by atoms with E-state index in [9.17, 15) is 23.1 Å². The molecule has 0 spiro atoms. The van der Waals surface area contributed by atoms with E-state index >= 15 is 0 Å². The van der Waals surface area contributed by atoms with E-state index in [1.165, 1.54) is 6.07 Å². The fraction of sp³-hybridized carbons (Fsp3) is 0.611. The summed E-state index contributed by atoms with van der Waals surface area (Å²) in [5.74, 6) is -3.30. The third kappa shape index (κ3) is 4.15. The highest BCUT2D eigenvalue weighted by Gasteiger charge is 2.47. The van der Waals surface area contributed by atoms with Crippen LogP contribution in [0.2, 0.25) is 0 Å². The maximum atomic E-state index is 13.7. The maximum Gasteiger partial charge on any atom is 0.262 e. The summed E-state index contributed by atoms with van der Waals surface area (Å²) in [5, 5.41) is 9.35. The number of aliphatic hydroxyl groups excluding tert-OH is 1. The Balaban J connectivity index is 1.55. The quantitative estimate of drug-likeness (QED) is 0.898. The number of aliphatic hydroxyl groups is 1. The molecule has 4 nitrogen and oxygen atoms in total. The molecule has 1 aromatic rings. The molecule has 0 bridgehead atoms. The van der Waals surface area contributed by atoms with Crippen molar-refractivity contribution in [2.24, 2.45) is 0 Å². The fourth-order valence-electron chi connectivity index (χ4n) is 3.88. The monoisotopic (exact) mass is 356 g/mol. The zero-order valence-corrected chi connectivity index (χ0v) is 14.0. The second-order valence-electron chi connectivity index (χ2n) is 6.95. The van der Waals surface area contributed by atoms with Crippen molar-refractivity contribution in [2.45, 2.75) is 43.7 Å². The third-order valence-electron chi connectivity index (χ3n) is 5.21. The van der Waals surface area contributed by atoms with E-state index in [0.717, 1.165) is 0 Å². The normalized spacial score (nSPS) is 24.6. The molecular formula is C18H23F3N2O2. The number of rotatable bonds is 4. The molecule has 1 atom stereocenters. The standard InChI is InChI=1S/C18H23F3N2O2/c19-16-4-2-1-3-13(16)9-17(25)22-7-5-14(6-8-22)23-12-18(20,21)10-15(23)11-24/h1-4,14-15,24H,5-12H2/t15-/m0/s1. The Morgan fingerprint density at radius 2 is 1.92 bits per heavy atom. The van der Waals surface area contributed by atoms with E-state index in [1.807, 2.05) is 0 Å². The third-order valence-corrected chi connectivity index (χ3v) is 5.21. The lowest BCUT2D eigenvalue weighted by Crippen LogP contribution is -2.49. The van der Waals surface area contributed by atoms with Gasteiger partial charge in [0.15, 0.2) is 0 Å². The fourth-order valence-corrected chi connectivity index (χ4v) is 3.88. The van der Waals surface area contributed by atoms with Crippen LogP contribution in [0.3, 0.4) is 0 Å². The zero-order chi connectivity index (χ0) is 18.0. The van der Waals surface area contributed by atoms with E-state index in [-0.39, 0.29) is 37.9 Å². The van der Waals surface area contributed by atoms with Gasteiger partial charge in [-0.25, -0.2) is 13.2 Å². The Labute approximate surface area is 145 Å². The lowest BCUT2D eigenvalue weighted by atomic mass is 10.0. The zero-order valence-electron chi connectivity index (χ0n) is 14.0. The van der Waals surface area contributed by atoms with E-state index in [2.05, 4.69) is 0 Å². The largest absolute Gasteiger partial charge is 0.395 e. The molecule has 3 rings (SSSR count). The van der Waals surface area contributed by atoms with Crippen molar-refractivity contribution in [2.75, 3.05) is 26.2 Å². The number of alkyl halides is 2. The second-order valence-corrected chi connectivity index (χ2v) is 6.95. The number of halogens is 3. The van der Waals surface area contributed by atoms with Gasteiger partial charge in [0.25, 0.3) is 5.92 Å². The van der Waals surface area contributed by atoms with Gasteiger partial charge in [0, 0.05) is 31.6 Å². The van der Waals surface area contributed by atoms with Gasteiger partial charge in [0.1, 0.15) is 5.82 Å². The molecule has 0 aliphatic carbocycles. The predicted octanol–water partition coefficient (Wildman–Crippen LogP) is 2.06. The van der Waals surface area contributed by atoms with Crippen LogP contribution < -0.4 is 0 Å². The summed E-state index contributed by atoms with van der Waals surface area (Å²) in [6.45, 7) is 0.338. The Morgan fingerprint density at radius 3 is 2.56 bits per heavy atom. The van der Waals surface area contributed by atoms with Gasteiger partial charge >= 0.3 is 0 Å². The van der Waals surface area contributed by atoms with E-state index in [0.29, 0.717) is 31.5 Å². The Morgan fingerprint density at radius 1 is 1.24 bits per heavy atom. The highest BCUT2D eigenvalue weighted by molar-refractivity contribution is 5.78. The van der Waals surface area contributed by atoms with Gasteiger partial charge in [-0.2, -0.15) is 0 Å². The van der Waals surface area contributed by atoms with Gasteiger partial charge < -0.3 is 10.0 Å². The number of carbonyl (C=O) groups excluding carboxylic acids is 1. The number of piperidine rings is 1. The lowest BCUT2D eigenvalue weighted by Gasteiger charge is -2.38. The van der Waals surface area contributed by atoms with Crippen molar-refractivity contribution in [3.8, 4) is 0 Å². The van der Waals surface area contributed by atoms with Crippen molar-refractivity contribution in [3.63, 3.8) is 0 Å². The number of amides is 1.